The van der Waals surface area contributed by atoms with Gasteiger partial charge < -0.3 is 14.9 Å². The number of amides is 2. The van der Waals surface area contributed by atoms with Gasteiger partial charge in [0, 0.05) is 33.7 Å². The molecule has 1 atom stereocenters. The van der Waals surface area contributed by atoms with Gasteiger partial charge in [0.25, 0.3) is 5.91 Å². The monoisotopic (exact) mass is 290 g/mol. The summed E-state index contributed by atoms with van der Waals surface area (Å²) in [5, 5.41) is 9.00. The Morgan fingerprint density at radius 2 is 2.10 bits per heavy atom. The number of likely N-dealkylation sites (tertiary alicyclic amines) is 1. The predicted molar refractivity (Wildman–Crippen MR) is 81.2 cm³/mol. The number of carbonyl (C=O) groups excluding carboxylic acids is 2. The summed E-state index contributed by atoms with van der Waals surface area (Å²) in [7, 11) is 1.67. The van der Waals surface area contributed by atoms with Crippen LogP contribution in [0, 0.1) is 5.92 Å². The highest BCUT2D eigenvalue weighted by Crippen LogP contribution is 2.25. The van der Waals surface area contributed by atoms with Gasteiger partial charge in [-0.25, -0.2) is 0 Å². The van der Waals surface area contributed by atoms with E-state index < -0.39 is 0 Å². The minimum atomic E-state index is -0.102. The number of para-hydroxylation sites is 1. The second-order valence-corrected chi connectivity index (χ2v) is 5.51. The van der Waals surface area contributed by atoms with Crippen molar-refractivity contribution in [2.75, 3.05) is 31.6 Å². The molecule has 0 radical (unpaired) electrons. The van der Waals surface area contributed by atoms with Crippen molar-refractivity contribution >= 4 is 17.5 Å². The summed E-state index contributed by atoms with van der Waals surface area (Å²) in [4.78, 5) is 27.5. The maximum Gasteiger partial charge on any atom is 0.255 e. The van der Waals surface area contributed by atoms with Crippen molar-refractivity contribution in [3.05, 3.63) is 29.8 Å². The first kappa shape index (κ1) is 15.5. The van der Waals surface area contributed by atoms with E-state index >= 15 is 0 Å². The van der Waals surface area contributed by atoms with Crippen molar-refractivity contribution in [1.82, 2.24) is 4.90 Å². The van der Waals surface area contributed by atoms with Crippen LogP contribution in [0.25, 0.3) is 0 Å². The molecule has 0 bridgehead atoms. The Bertz CT molecular complexity index is 530. The Labute approximate surface area is 125 Å². The van der Waals surface area contributed by atoms with Crippen LogP contribution < -0.4 is 4.90 Å². The van der Waals surface area contributed by atoms with Crippen LogP contribution in [0.15, 0.2) is 24.3 Å². The van der Waals surface area contributed by atoms with Gasteiger partial charge in [-0.1, -0.05) is 12.1 Å². The van der Waals surface area contributed by atoms with Crippen LogP contribution in [0.5, 0.6) is 0 Å². The largest absolute Gasteiger partial charge is 0.396 e. The zero-order valence-electron chi connectivity index (χ0n) is 12.6. The lowest BCUT2D eigenvalue weighted by molar-refractivity contribution is -0.116. The Morgan fingerprint density at radius 3 is 2.76 bits per heavy atom. The van der Waals surface area contributed by atoms with Gasteiger partial charge in [0.1, 0.15) is 0 Å². The lowest BCUT2D eigenvalue weighted by atomic mass is 10.1. The van der Waals surface area contributed by atoms with Gasteiger partial charge in [-0.15, -0.1) is 0 Å². The summed E-state index contributed by atoms with van der Waals surface area (Å²) in [6.07, 6.45) is 1.66. The summed E-state index contributed by atoms with van der Waals surface area (Å²) in [6, 6.07) is 7.18. The summed E-state index contributed by atoms with van der Waals surface area (Å²) < 4.78 is 0. The fraction of sp³-hybridized carbons (Fsp3) is 0.500. The number of aliphatic hydroxyl groups excluding tert-OH is 1. The van der Waals surface area contributed by atoms with Gasteiger partial charge >= 0.3 is 0 Å². The SMILES string of the molecule is CC(=O)N(C)c1ccccc1C(=O)N1CCC(CCO)C1. The Kier molecular flexibility index (Phi) is 4.96. The highest BCUT2D eigenvalue weighted by Gasteiger charge is 2.28. The molecule has 1 aromatic carbocycles. The maximum atomic E-state index is 12.7. The Hall–Kier alpha value is -1.88. The van der Waals surface area contributed by atoms with Gasteiger partial charge in [0.05, 0.1) is 11.3 Å². The van der Waals surface area contributed by atoms with Crippen LogP contribution in [0.1, 0.15) is 30.1 Å². The van der Waals surface area contributed by atoms with E-state index in [1.165, 1.54) is 11.8 Å². The topological polar surface area (TPSA) is 60.9 Å². The van der Waals surface area contributed by atoms with Crippen molar-refractivity contribution in [2.24, 2.45) is 5.92 Å². The van der Waals surface area contributed by atoms with Crippen molar-refractivity contribution in [1.29, 1.82) is 0 Å². The second-order valence-electron chi connectivity index (χ2n) is 5.51. The molecule has 1 saturated heterocycles. The lowest BCUT2D eigenvalue weighted by Crippen LogP contribution is -2.32. The number of rotatable bonds is 4. The quantitative estimate of drug-likeness (QED) is 0.914. The first-order valence-electron chi connectivity index (χ1n) is 7.28. The van der Waals surface area contributed by atoms with Crippen molar-refractivity contribution in [3.8, 4) is 0 Å². The van der Waals surface area contributed by atoms with Gasteiger partial charge in [0.2, 0.25) is 5.91 Å². The highest BCUT2D eigenvalue weighted by molar-refractivity contribution is 6.04. The molecule has 0 aromatic heterocycles. The molecule has 2 amide bonds. The van der Waals surface area contributed by atoms with Crippen molar-refractivity contribution in [3.63, 3.8) is 0 Å². The van der Waals surface area contributed by atoms with Gasteiger partial charge in [-0.3, -0.25) is 9.59 Å². The van der Waals surface area contributed by atoms with Crippen LogP contribution in [-0.4, -0.2) is 48.6 Å². The molecule has 2 rings (SSSR count). The molecular weight excluding hydrogens is 268 g/mol. The molecule has 5 heteroatoms. The van der Waals surface area contributed by atoms with E-state index in [0.29, 0.717) is 30.3 Å². The molecule has 1 aliphatic rings. The fourth-order valence-corrected chi connectivity index (χ4v) is 2.72. The third-order valence-corrected chi connectivity index (χ3v) is 4.08. The molecule has 0 saturated carbocycles. The molecule has 0 aliphatic carbocycles. The molecule has 1 aromatic rings. The molecule has 0 spiro atoms. The molecule has 1 aliphatic heterocycles. The Morgan fingerprint density at radius 1 is 1.38 bits per heavy atom. The Balaban J connectivity index is 2.18. The van der Waals surface area contributed by atoms with Crippen LogP contribution in [-0.2, 0) is 4.79 Å². The third kappa shape index (κ3) is 3.42. The van der Waals surface area contributed by atoms with E-state index in [1.54, 1.807) is 19.2 Å². The number of nitrogens with zero attached hydrogens (tertiary/aromatic N) is 2. The molecule has 1 unspecified atom stereocenters. The van der Waals surface area contributed by atoms with Crippen molar-refractivity contribution in [2.45, 2.75) is 19.8 Å². The summed E-state index contributed by atoms with van der Waals surface area (Å²) >= 11 is 0. The standard InChI is InChI=1S/C16H22N2O3/c1-12(20)17(2)15-6-4-3-5-14(15)16(21)18-9-7-13(11-18)8-10-19/h3-6,13,19H,7-11H2,1-2H3. The number of hydrogen-bond acceptors (Lipinski definition) is 3. The normalized spacial score (nSPS) is 17.9. The van der Waals surface area contributed by atoms with Gasteiger partial charge in [-0.05, 0) is 30.9 Å². The number of hydrogen-bond donors (Lipinski definition) is 1. The maximum absolute atomic E-state index is 12.7. The molecule has 5 nitrogen and oxygen atoms in total. The number of carbonyl (C=O) groups is 2. The fourth-order valence-electron chi connectivity index (χ4n) is 2.72. The second kappa shape index (κ2) is 6.72. The lowest BCUT2D eigenvalue weighted by Gasteiger charge is -2.22. The number of benzene rings is 1. The van der Waals surface area contributed by atoms with E-state index in [-0.39, 0.29) is 18.4 Å². The zero-order valence-corrected chi connectivity index (χ0v) is 12.6. The first-order chi connectivity index (χ1) is 10.0. The molecule has 1 heterocycles. The number of anilines is 1. The average molecular weight is 290 g/mol. The van der Waals surface area contributed by atoms with Crippen LogP contribution in [0.4, 0.5) is 5.69 Å². The van der Waals surface area contributed by atoms with Gasteiger partial charge in [0.15, 0.2) is 0 Å². The minimum Gasteiger partial charge on any atom is -0.396 e. The van der Waals surface area contributed by atoms with Gasteiger partial charge in [-0.2, -0.15) is 0 Å². The van der Waals surface area contributed by atoms with Crippen LogP contribution in [0.3, 0.4) is 0 Å². The molecular formula is C16H22N2O3. The zero-order chi connectivity index (χ0) is 15.4. The van der Waals surface area contributed by atoms with E-state index in [1.807, 2.05) is 17.0 Å². The van der Waals surface area contributed by atoms with Crippen LogP contribution >= 0.6 is 0 Å². The van der Waals surface area contributed by atoms with Crippen molar-refractivity contribution < 1.29 is 14.7 Å². The van der Waals surface area contributed by atoms with E-state index in [2.05, 4.69) is 0 Å². The first-order valence-corrected chi connectivity index (χ1v) is 7.28. The van der Waals surface area contributed by atoms with E-state index in [4.69, 9.17) is 5.11 Å². The smallest absolute Gasteiger partial charge is 0.255 e. The predicted octanol–water partition coefficient (Wildman–Crippen LogP) is 1.51. The summed E-state index contributed by atoms with van der Waals surface area (Å²) in [6.45, 7) is 3.03. The van der Waals surface area contributed by atoms with E-state index in [9.17, 15) is 9.59 Å². The third-order valence-electron chi connectivity index (χ3n) is 4.08. The highest BCUT2D eigenvalue weighted by atomic mass is 16.3. The summed E-state index contributed by atoms with van der Waals surface area (Å²) in [5.41, 5.74) is 1.19. The molecule has 21 heavy (non-hydrogen) atoms. The molecule has 1 N–H and O–H groups in total. The van der Waals surface area contributed by atoms with Crippen LogP contribution in [0.2, 0.25) is 0 Å². The molecule has 1 fully saturated rings. The summed E-state index contributed by atoms with van der Waals surface area (Å²) in [5.74, 6) is 0.227. The minimum absolute atomic E-state index is 0.0425. The molecule has 114 valence electrons. The average Bonchev–Trinajstić information content (AvgIpc) is 2.94. The number of aliphatic hydroxyl groups is 1. The van der Waals surface area contributed by atoms with E-state index in [0.717, 1.165) is 12.8 Å².